The van der Waals surface area contributed by atoms with Crippen LogP contribution in [0.1, 0.15) is 6.92 Å². The van der Waals surface area contributed by atoms with Gasteiger partial charge in [-0.3, -0.25) is 4.79 Å². The lowest BCUT2D eigenvalue weighted by atomic mass is 10.1. The van der Waals surface area contributed by atoms with E-state index in [4.69, 9.17) is 25.5 Å². The number of hydrogen-bond donors (Lipinski definition) is 1. The highest BCUT2D eigenvalue weighted by molar-refractivity contribution is 9.10. The van der Waals surface area contributed by atoms with Gasteiger partial charge in [0.1, 0.15) is 18.1 Å². The number of carbonyl (C=O) groups is 1. The van der Waals surface area contributed by atoms with Crippen molar-refractivity contribution in [3.05, 3.63) is 62.2 Å². The van der Waals surface area contributed by atoms with Crippen LogP contribution in [-0.2, 0) is 4.74 Å². The predicted octanol–water partition coefficient (Wildman–Crippen LogP) is 5.00. The topological polar surface area (TPSA) is 77.8 Å². The van der Waals surface area contributed by atoms with Crippen molar-refractivity contribution in [3.63, 3.8) is 0 Å². The molecule has 1 heterocycles. The van der Waals surface area contributed by atoms with E-state index in [1.54, 1.807) is 37.3 Å². The standard InChI is InChI=1S/C20H17BrClNO5/c1-2-26-20(25)23-8-9-27-17-10-12(21)6-7-14(17)18-11-16(24)13-4-3-5-15(22)19(13)28-18/h3-7,10-11H,2,8-9H2,1H3,(H,23,25). The Labute approximate surface area is 174 Å². The number of para-hydroxylation sites is 1. The molecule has 1 amide bonds. The van der Waals surface area contributed by atoms with E-state index in [0.29, 0.717) is 39.7 Å². The molecule has 3 rings (SSSR count). The molecule has 0 saturated carbocycles. The molecule has 6 nitrogen and oxygen atoms in total. The molecule has 0 unspecified atom stereocenters. The second-order valence-electron chi connectivity index (χ2n) is 5.73. The zero-order chi connectivity index (χ0) is 20.1. The van der Waals surface area contributed by atoms with Crippen molar-refractivity contribution < 1.29 is 18.7 Å². The van der Waals surface area contributed by atoms with Crippen LogP contribution in [-0.4, -0.2) is 25.9 Å². The molecule has 0 aliphatic carbocycles. The van der Waals surface area contributed by atoms with Crippen LogP contribution >= 0.6 is 27.5 Å². The van der Waals surface area contributed by atoms with Gasteiger partial charge in [-0.2, -0.15) is 0 Å². The lowest BCUT2D eigenvalue weighted by Gasteiger charge is -2.13. The van der Waals surface area contributed by atoms with Crippen molar-refractivity contribution in [3.8, 4) is 17.1 Å². The number of rotatable bonds is 6. The number of benzene rings is 2. The highest BCUT2D eigenvalue weighted by Gasteiger charge is 2.14. The van der Waals surface area contributed by atoms with E-state index in [9.17, 15) is 9.59 Å². The summed E-state index contributed by atoms with van der Waals surface area (Å²) >= 11 is 9.59. The van der Waals surface area contributed by atoms with Crippen LogP contribution in [0, 0.1) is 0 Å². The van der Waals surface area contributed by atoms with E-state index in [1.165, 1.54) is 6.07 Å². The van der Waals surface area contributed by atoms with Crippen LogP contribution in [0.15, 0.2) is 56.1 Å². The van der Waals surface area contributed by atoms with Crippen LogP contribution in [0.2, 0.25) is 5.02 Å². The summed E-state index contributed by atoms with van der Waals surface area (Å²) in [6.07, 6.45) is -0.504. The van der Waals surface area contributed by atoms with E-state index in [1.807, 2.05) is 6.07 Å². The Kier molecular flexibility index (Phi) is 6.59. The molecule has 1 N–H and O–H groups in total. The number of ether oxygens (including phenoxy) is 2. The molecule has 0 radical (unpaired) electrons. The lowest BCUT2D eigenvalue weighted by molar-refractivity contribution is 0.150. The number of fused-ring (bicyclic) bond motifs is 1. The Hall–Kier alpha value is -2.51. The summed E-state index contributed by atoms with van der Waals surface area (Å²) < 4.78 is 17.3. The maximum Gasteiger partial charge on any atom is 0.407 e. The second kappa shape index (κ2) is 9.12. The normalized spacial score (nSPS) is 10.7. The largest absolute Gasteiger partial charge is 0.491 e. The Bertz CT molecular complexity index is 1070. The maximum atomic E-state index is 12.5. The first kappa shape index (κ1) is 20.2. The highest BCUT2D eigenvalue weighted by Crippen LogP contribution is 2.34. The summed E-state index contributed by atoms with van der Waals surface area (Å²) in [6, 6.07) is 11.8. The first-order chi connectivity index (χ1) is 13.5. The third kappa shape index (κ3) is 4.66. The van der Waals surface area contributed by atoms with Crippen molar-refractivity contribution in [2.75, 3.05) is 19.8 Å². The van der Waals surface area contributed by atoms with Crippen molar-refractivity contribution in [2.45, 2.75) is 6.92 Å². The quantitative estimate of drug-likeness (QED) is 0.517. The zero-order valence-electron chi connectivity index (χ0n) is 15.0. The van der Waals surface area contributed by atoms with Gasteiger partial charge < -0.3 is 19.2 Å². The summed E-state index contributed by atoms with van der Waals surface area (Å²) in [5.41, 5.74) is 0.722. The number of carbonyl (C=O) groups excluding carboxylic acids is 1. The molecule has 2 aromatic carbocycles. The minimum absolute atomic E-state index is 0.198. The van der Waals surface area contributed by atoms with Crippen molar-refractivity contribution >= 4 is 44.6 Å². The molecule has 1 aromatic heterocycles. The molecule has 0 bridgehead atoms. The van der Waals surface area contributed by atoms with Crippen LogP contribution in [0.3, 0.4) is 0 Å². The van der Waals surface area contributed by atoms with Gasteiger partial charge in [0.2, 0.25) is 0 Å². The van der Waals surface area contributed by atoms with E-state index in [0.717, 1.165) is 4.47 Å². The monoisotopic (exact) mass is 465 g/mol. The molecule has 0 aliphatic rings. The molecule has 0 saturated heterocycles. The van der Waals surface area contributed by atoms with Crippen molar-refractivity contribution in [1.82, 2.24) is 5.32 Å². The van der Waals surface area contributed by atoms with Gasteiger partial charge in [-0.1, -0.05) is 33.6 Å². The van der Waals surface area contributed by atoms with E-state index in [2.05, 4.69) is 21.2 Å². The molecule has 8 heteroatoms. The number of halogens is 2. The molecule has 146 valence electrons. The third-order valence-electron chi connectivity index (χ3n) is 3.82. The van der Waals surface area contributed by atoms with Gasteiger partial charge in [-0.15, -0.1) is 0 Å². The Balaban J connectivity index is 1.88. The smallest absolute Gasteiger partial charge is 0.407 e. The van der Waals surface area contributed by atoms with Crippen molar-refractivity contribution in [1.29, 1.82) is 0 Å². The fourth-order valence-corrected chi connectivity index (χ4v) is 3.14. The van der Waals surface area contributed by atoms with Gasteiger partial charge in [0.25, 0.3) is 0 Å². The first-order valence-corrected chi connectivity index (χ1v) is 9.72. The molecule has 28 heavy (non-hydrogen) atoms. The molecular formula is C20H17BrClNO5. The summed E-state index contributed by atoms with van der Waals surface area (Å²) in [5.74, 6) is 0.834. The van der Waals surface area contributed by atoms with Gasteiger partial charge in [-0.25, -0.2) is 4.79 Å². The SMILES string of the molecule is CCOC(=O)NCCOc1cc(Br)ccc1-c1cc(=O)c2cccc(Cl)c2o1. The zero-order valence-corrected chi connectivity index (χ0v) is 17.3. The van der Waals surface area contributed by atoms with E-state index >= 15 is 0 Å². The summed E-state index contributed by atoms with van der Waals surface area (Å²) in [4.78, 5) is 23.8. The lowest BCUT2D eigenvalue weighted by Crippen LogP contribution is -2.28. The summed E-state index contributed by atoms with van der Waals surface area (Å²) in [5, 5.41) is 3.35. The Morgan fingerprint density at radius 1 is 1.25 bits per heavy atom. The number of nitrogens with one attached hydrogen (secondary N) is 1. The minimum atomic E-state index is -0.504. The maximum absolute atomic E-state index is 12.5. The van der Waals surface area contributed by atoms with Gasteiger partial charge in [0.15, 0.2) is 11.0 Å². The average molecular weight is 467 g/mol. The average Bonchev–Trinajstić information content (AvgIpc) is 2.66. The number of hydrogen-bond acceptors (Lipinski definition) is 5. The fraction of sp³-hybridized carbons (Fsp3) is 0.200. The van der Waals surface area contributed by atoms with Gasteiger partial charge >= 0.3 is 6.09 Å². The van der Waals surface area contributed by atoms with E-state index < -0.39 is 6.09 Å². The van der Waals surface area contributed by atoms with Crippen LogP contribution in [0.4, 0.5) is 4.79 Å². The molecule has 0 atom stereocenters. The Morgan fingerprint density at radius 3 is 2.86 bits per heavy atom. The predicted molar refractivity (Wildman–Crippen MR) is 111 cm³/mol. The fourth-order valence-electron chi connectivity index (χ4n) is 2.59. The van der Waals surface area contributed by atoms with Crippen LogP contribution in [0.25, 0.3) is 22.3 Å². The molecule has 0 aliphatic heterocycles. The van der Waals surface area contributed by atoms with Gasteiger partial charge in [-0.05, 0) is 37.3 Å². The minimum Gasteiger partial charge on any atom is -0.491 e. The highest BCUT2D eigenvalue weighted by atomic mass is 79.9. The van der Waals surface area contributed by atoms with Crippen LogP contribution < -0.4 is 15.5 Å². The third-order valence-corrected chi connectivity index (χ3v) is 4.61. The number of alkyl carbamates (subject to hydrolysis) is 1. The van der Waals surface area contributed by atoms with Gasteiger partial charge in [0, 0.05) is 10.5 Å². The molecule has 0 spiro atoms. The summed E-state index contributed by atoms with van der Waals surface area (Å²) in [7, 11) is 0. The molecule has 0 fully saturated rings. The summed E-state index contributed by atoms with van der Waals surface area (Å²) in [6.45, 7) is 2.50. The van der Waals surface area contributed by atoms with Crippen molar-refractivity contribution in [2.24, 2.45) is 0 Å². The second-order valence-corrected chi connectivity index (χ2v) is 7.05. The van der Waals surface area contributed by atoms with Gasteiger partial charge in [0.05, 0.1) is 29.1 Å². The Morgan fingerprint density at radius 2 is 2.07 bits per heavy atom. The van der Waals surface area contributed by atoms with Crippen LogP contribution in [0.5, 0.6) is 5.75 Å². The van der Waals surface area contributed by atoms with E-state index in [-0.39, 0.29) is 18.6 Å². The number of amides is 1. The first-order valence-electron chi connectivity index (χ1n) is 8.55. The molecular weight excluding hydrogens is 450 g/mol. The molecule has 3 aromatic rings.